The topological polar surface area (TPSA) is 100 Å². The molecule has 0 atom stereocenters. The number of anilines is 1. The van der Waals surface area contributed by atoms with Gasteiger partial charge in [-0.25, -0.2) is 9.59 Å². The number of nitrogens with one attached hydrogen (secondary N) is 1. The summed E-state index contributed by atoms with van der Waals surface area (Å²) in [4.78, 5) is 37.3. The quantitative estimate of drug-likeness (QED) is 0.707. The van der Waals surface area contributed by atoms with Crippen LogP contribution in [0.4, 0.5) is 5.00 Å². The van der Waals surface area contributed by atoms with Crippen LogP contribution in [0.3, 0.4) is 0 Å². The summed E-state index contributed by atoms with van der Waals surface area (Å²) < 4.78 is 20.4. The van der Waals surface area contributed by atoms with E-state index in [2.05, 4.69) is 5.32 Å². The van der Waals surface area contributed by atoms with Crippen LogP contribution in [0.1, 0.15) is 39.4 Å². The highest BCUT2D eigenvalue weighted by atomic mass is 32.1. The molecule has 28 heavy (non-hydrogen) atoms. The molecule has 2 heterocycles. The zero-order chi connectivity index (χ0) is 20.1. The van der Waals surface area contributed by atoms with Gasteiger partial charge in [-0.3, -0.25) is 4.79 Å². The first-order valence-corrected chi connectivity index (χ1v) is 9.50. The molecule has 0 radical (unpaired) electrons. The summed E-state index contributed by atoms with van der Waals surface area (Å²) in [7, 11) is 0. The number of aryl methyl sites for hydroxylation is 1. The number of ether oxygens (including phenoxy) is 4. The lowest BCUT2D eigenvalue weighted by Crippen LogP contribution is -2.21. The third-order valence-corrected chi connectivity index (χ3v) is 5.02. The minimum Gasteiger partial charge on any atom is -0.462 e. The monoisotopic (exact) mass is 405 g/mol. The minimum absolute atomic E-state index is 0.0968. The molecule has 0 aliphatic carbocycles. The van der Waals surface area contributed by atoms with Crippen LogP contribution in [0.5, 0.6) is 11.5 Å². The van der Waals surface area contributed by atoms with Crippen molar-refractivity contribution in [2.45, 2.75) is 20.3 Å². The summed E-state index contributed by atoms with van der Waals surface area (Å²) in [6.07, 6.45) is 0.714. The second kappa shape index (κ2) is 8.75. The first-order chi connectivity index (χ1) is 13.5. The van der Waals surface area contributed by atoms with Gasteiger partial charge >= 0.3 is 11.9 Å². The molecule has 0 fully saturated rings. The molecule has 1 aromatic carbocycles. The normalized spacial score (nSPS) is 11.8. The molecule has 1 aliphatic rings. The minimum atomic E-state index is -0.667. The van der Waals surface area contributed by atoms with E-state index in [1.54, 1.807) is 19.1 Å². The number of carbonyl (C=O) groups is 3. The van der Waals surface area contributed by atoms with E-state index in [4.69, 9.17) is 18.9 Å². The van der Waals surface area contributed by atoms with E-state index >= 15 is 0 Å². The van der Waals surface area contributed by atoms with Gasteiger partial charge in [-0.2, -0.15) is 0 Å². The Kier molecular flexibility index (Phi) is 6.15. The second-order valence-corrected chi connectivity index (χ2v) is 6.86. The standard InChI is InChI=1S/C19H19NO7S/c1-3-12-8-13(19(23)24-4-2)17(28-12)20-16(21)9-25-18(22)11-5-6-14-15(7-11)27-10-26-14/h5-8H,3-4,9-10H2,1-2H3,(H,20,21). The van der Waals surface area contributed by atoms with Gasteiger partial charge in [0.2, 0.25) is 6.79 Å². The number of carbonyl (C=O) groups excluding carboxylic acids is 3. The maximum atomic E-state index is 12.2. The number of fused-ring (bicyclic) bond motifs is 1. The number of hydrogen-bond donors (Lipinski definition) is 1. The Balaban J connectivity index is 1.60. The lowest BCUT2D eigenvalue weighted by atomic mass is 10.2. The van der Waals surface area contributed by atoms with Crippen molar-refractivity contribution in [2.75, 3.05) is 25.3 Å². The predicted molar refractivity (Wildman–Crippen MR) is 101 cm³/mol. The van der Waals surface area contributed by atoms with Crippen LogP contribution >= 0.6 is 11.3 Å². The molecule has 9 heteroatoms. The van der Waals surface area contributed by atoms with E-state index in [9.17, 15) is 14.4 Å². The molecule has 1 amide bonds. The van der Waals surface area contributed by atoms with E-state index in [0.29, 0.717) is 28.5 Å². The molecule has 0 bridgehead atoms. The average molecular weight is 405 g/mol. The molecule has 0 saturated heterocycles. The van der Waals surface area contributed by atoms with E-state index in [1.807, 2.05) is 6.92 Å². The first kappa shape index (κ1) is 19.7. The van der Waals surface area contributed by atoms with Crippen molar-refractivity contribution in [3.63, 3.8) is 0 Å². The molecular weight excluding hydrogens is 386 g/mol. The van der Waals surface area contributed by atoms with Gasteiger partial charge in [0.05, 0.1) is 17.7 Å². The molecule has 0 spiro atoms. The summed E-state index contributed by atoms with van der Waals surface area (Å²) in [5, 5.41) is 2.98. The summed E-state index contributed by atoms with van der Waals surface area (Å²) in [5.41, 5.74) is 0.535. The lowest BCUT2D eigenvalue weighted by molar-refractivity contribution is -0.119. The highest BCUT2D eigenvalue weighted by molar-refractivity contribution is 7.16. The third kappa shape index (κ3) is 4.42. The molecule has 148 valence electrons. The highest BCUT2D eigenvalue weighted by Crippen LogP contribution is 2.32. The van der Waals surface area contributed by atoms with E-state index < -0.39 is 24.5 Å². The van der Waals surface area contributed by atoms with Crippen molar-refractivity contribution in [1.29, 1.82) is 0 Å². The molecule has 8 nitrogen and oxygen atoms in total. The van der Waals surface area contributed by atoms with Gasteiger partial charge in [0.25, 0.3) is 5.91 Å². The number of hydrogen-bond acceptors (Lipinski definition) is 8. The molecular formula is C19H19NO7S. The van der Waals surface area contributed by atoms with Crippen LogP contribution in [0.25, 0.3) is 0 Å². The number of rotatable bonds is 7. The molecule has 0 saturated carbocycles. The van der Waals surface area contributed by atoms with Crippen LogP contribution in [-0.4, -0.2) is 37.9 Å². The fourth-order valence-corrected chi connectivity index (χ4v) is 3.47. The maximum Gasteiger partial charge on any atom is 0.341 e. The maximum absolute atomic E-state index is 12.2. The summed E-state index contributed by atoms with van der Waals surface area (Å²) in [6, 6.07) is 6.31. The van der Waals surface area contributed by atoms with Crippen molar-refractivity contribution in [3.8, 4) is 11.5 Å². The fourth-order valence-electron chi connectivity index (χ4n) is 2.47. The Bertz CT molecular complexity index is 906. The van der Waals surface area contributed by atoms with Crippen LogP contribution in [-0.2, 0) is 20.7 Å². The smallest absolute Gasteiger partial charge is 0.341 e. The molecule has 1 N–H and O–H groups in total. The van der Waals surface area contributed by atoms with E-state index in [-0.39, 0.29) is 19.0 Å². The van der Waals surface area contributed by atoms with Crippen LogP contribution in [0.15, 0.2) is 24.3 Å². The van der Waals surface area contributed by atoms with E-state index in [1.165, 1.54) is 23.5 Å². The van der Waals surface area contributed by atoms with Gasteiger partial charge in [0.15, 0.2) is 18.1 Å². The summed E-state index contributed by atoms with van der Waals surface area (Å²) in [6.45, 7) is 3.49. The van der Waals surface area contributed by atoms with Gasteiger partial charge in [0.1, 0.15) is 5.00 Å². The number of esters is 2. The van der Waals surface area contributed by atoms with Crippen molar-refractivity contribution in [1.82, 2.24) is 0 Å². The molecule has 0 unspecified atom stereocenters. The van der Waals surface area contributed by atoms with Crippen molar-refractivity contribution >= 4 is 34.2 Å². The first-order valence-electron chi connectivity index (χ1n) is 8.68. The third-order valence-electron chi connectivity index (χ3n) is 3.82. The van der Waals surface area contributed by atoms with Crippen molar-refractivity contribution in [2.24, 2.45) is 0 Å². The summed E-state index contributed by atoms with van der Waals surface area (Å²) >= 11 is 1.28. The molecule has 1 aromatic heterocycles. The van der Waals surface area contributed by atoms with Gasteiger partial charge in [-0.1, -0.05) is 6.92 Å². The van der Waals surface area contributed by atoms with Gasteiger partial charge < -0.3 is 24.3 Å². The van der Waals surface area contributed by atoms with Crippen molar-refractivity contribution < 1.29 is 33.3 Å². The molecule has 3 rings (SSSR count). The van der Waals surface area contributed by atoms with Gasteiger partial charge in [0, 0.05) is 4.88 Å². The molecule has 2 aromatic rings. The Hall–Kier alpha value is -3.07. The fraction of sp³-hybridized carbons (Fsp3) is 0.316. The SMILES string of the molecule is CCOC(=O)c1cc(CC)sc1NC(=O)COC(=O)c1ccc2c(c1)OCO2. The highest BCUT2D eigenvalue weighted by Gasteiger charge is 2.20. The zero-order valence-corrected chi connectivity index (χ0v) is 16.2. The van der Waals surface area contributed by atoms with Crippen LogP contribution < -0.4 is 14.8 Å². The summed E-state index contributed by atoms with van der Waals surface area (Å²) in [5.74, 6) is -0.733. The number of amides is 1. The van der Waals surface area contributed by atoms with E-state index in [0.717, 1.165) is 4.88 Å². The van der Waals surface area contributed by atoms with Crippen molar-refractivity contribution in [3.05, 3.63) is 40.3 Å². The largest absolute Gasteiger partial charge is 0.462 e. The second-order valence-electron chi connectivity index (χ2n) is 5.72. The van der Waals surface area contributed by atoms with Gasteiger partial charge in [-0.05, 0) is 37.6 Å². The Morgan fingerprint density at radius 1 is 1.07 bits per heavy atom. The molecule has 1 aliphatic heterocycles. The van der Waals surface area contributed by atoms with Crippen LogP contribution in [0.2, 0.25) is 0 Å². The Morgan fingerprint density at radius 3 is 2.61 bits per heavy atom. The predicted octanol–water partition coefficient (Wildman–Crippen LogP) is 3.01. The van der Waals surface area contributed by atoms with Crippen LogP contribution in [0, 0.1) is 0 Å². The Labute approximate surface area is 165 Å². The average Bonchev–Trinajstić information content (AvgIpc) is 3.32. The lowest BCUT2D eigenvalue weighted by Gasteiger charge is -2.07. The number of thiophene rings is 1. The number of benzene rings is 1. The Morgan fingerprint density at radius 2 is 1.86 bits per heavy atom. The zero-order valence-electron chi connectivity index (χ0n) is 15.4. The van der Waals surface area contributed by atoms with Gasteiger partial charge in [-0.15, -0.1) is 11.3 Å².